The van der Waals surface area contributed by atoms with Gasteiger partial charge in [-0.3, -0.25) is 0 Å². The SMILES string of the molecule is O=S([O-])Oc1ccc(CC(F)(F)F)c(F)c1F. The lowest BCUT2D eigenvalue weighted by atomic mass is 10.1. The summed E-state index contributed by atoms with van der Waals surface area (Å²) in [5, 5.41) is 0. The van der Waals surface area contributed by atoms with E-state index in [1.54, 1.807) is 0 Å². The first-order chi connectivity index (χ1) is 7.70. The van der Waals surface area contributed by atoms with Crippen LogP contribution in [0, 0.1) is 11.6 Å². The van der Waals surface area contributed by atoms with Crippen LogP contribution in [0.25, 0.3) is 0 Å². The van der Waals surface area contributed by atoms with Crippen LogP contribution in [0.3, 0.4) is 0 Å². The quantitative estimate of drug-likeness (QED) is 0.628. The summed E-state index contributed by atoms with van der Waals surface area (Å²) in [6.07, 6.45) is -6.35. The summed E-state index contributed by atoms with van der Waals surface area (Å²) in [4.78, 5) is 0. The molecule has 0 aliphatic carbocycles. The molecule has 0 spiro atoms. The van der Waals surface area contributed by atoms with E-state index < -0.39 is 46.9 Å². The molecular formula is C8H4F5O3S-. The predicted octanol–water partition coefficient (Wildman–Crippen LogP) is 2.24. The van der Waals surface area contributed by atoms with Crippen LogP contribution in [0.2, 0.25) is 0 Å². The summed E-state index contributed by atoms with van der Waals surface area (Å²) in [7, 11) is 0. The Kier molecular flexibility index (Phi) is 4.04. The minimum atomic E-state index is -4.70. The van der Waals surface area contributed by atoms with E-state index in [1.807, 2.05) is 0 Å². The normalized spacial score (nSPS) is 13.5. The fourth-order valence-corrected chi connectivity index (χ4v) is 1.34. The van der Waals surface area contributed by atoms with Crippen LogP contribution in [0.1, 0.15) is 5.56 Å². The van der Waals surface area contributed by atoms with Gasteiger partial charge in [-0.2, -0.15) is 17.6 Å². The summed E-state index contributed by atoms with van der Waals surface area (Å²) in [5.74, 6) is -4.57. The Bertz CT molecular complexity index is 446. The standard InChI is InChI=1S/C8H5F5O3S/c9-6-4(3-8(11,12)13)1-2-5(7(6)10)16-17(14)15/h1-2H,3H2,(H,14,15)/p-1. The van der Waals surface area contributed by atoms with Gasteiger partial charge in [-0.1, -0.05) is 6.07 Å². The van der Waals surface area contributed by atoms with Gasteiger partial charge in [0, 0.05) is 5.56 Å². The van der Waals surface area contributed by atoms with Crippen LogP contribution in [0.5, 0.6) is 5.75 Å². The first kappa shape index (κ1) is 13.8. The molecule has 0 bridgehead atoms. The first-order valence-corrected chi connectivity index (χ1v) is 5.02. The number of hydrogen-bond acceptors (Lipinski definition) is 3. The van der Waals surface area contributed by atoms with Crippen molar-refractivity contribution in [2.75, 3.05) is 0 Å². The Morgan fingerprint density at radius 1 is 1.24 bits per heavy atom. The van der Waals surface area contributed by atoms with Crippen molar-refractivity contribution in [3.05, 3.63) is 29.3 Å². The number of benzene rings is 1. The zero-order chi connectivity index (χ0) is 13.2. The molecule has 1 atom stereocenters. The first-order valence-electron chi connectivity index (χ1n) is 4.02. The highest BCUT2D eigenvalue weighted by Crippen LogP contribution is 2.28. The van der Waals surface area contributed by atoms with E-state index in [9.17, 15) is 30.7 Å². The third-order valence-electron chi connectivity index (χ3n) is 1.68. The van der Waals surface area contributed by atoms with Crippen molar-refractivity contribution in [1.82, 2.24) is 0 Å². The number of halogens is 5. The molecule has 0 aliphatic rings. The molecule has 1 aromatic rings. The molecule has 0 saturated heterocycles. The van der Waals surface area contributed by atoms with E-state index in [1.165, 1.54) is 0 Å². The third kappa shape index (κ3) is 3.93. The van der Waals surface area contributed by atoms with E-state index >= 15 is 0 Å². The van der Waals surface area contributed by atoms with Gasteiger partial charge in [-0.05, 0) is 6.07 Å². The Morgan fingerprint density at radius 2 is 1.82 bits per heavy atom. The largest absolute Gasteiger partial charge is 0.740 e. The molecule has 1 aromatic carbocycles. The van der Waals surface area contributed by atoms with Gasteiger partial charge in [0.05, 0.1) is 6.42 Å². The maximum Gasteiger partial charge on any atom is 0.393 e. The molecule has 1 unspecified atom stereocenters. The Hall–Kier alpha value is -1.22. The van der Waals surface area contributed by atoms with Crippen LogP contribution in [0.15, 0.2) is 12.1 Å². The summed E-state index contributed by atoms with van der Waals surface area (Å²) >= 11 is -3.14. The minimum Gasteiger partial charge on any atom is -0.740 e. The molecule has 9 heteroatoms. The van der Waals surface area contributed by atoms with Gasteiger partial charge in [0.1, 0.15) is 11.4 Å². The van der Waals surface area contributed by atoms with E-state index in [2.05, 4.69) is 4.18 Å². The van der Waals surface area contributed by atoms with Crippen molar-refractivity contribution in [2.24, 2.45) is 0 Å². The summed E-state index contributed by atoms with van der Waals surface area (Å²) < 4.78 is 85.9. The molecule has 0 N–H and O–H groups in total. The Morgan fingerprint density at radius 3 is 2.29 bits per heavy atom. The average molecular weight is 275 g/mol. The van der Waals surface area contributed by atoms with E-state index in [-0.39, 0.29) is 0 Å². The highest BCUT2D eigenvalue weighted by Gasteiger charge is 2.30. The monoisotopic (exact) mass is 275 g/mol. The van der Waals surface area contributed by atoms with Crippen LogP contribution < -0.4 is 4.18 Å². The molecule has 0 heterocycles. The van der Waals surface area contributed by atoms with Gasteiger partial charge < -0.3 is 8.74 Å². The van der Waals surface area contributed by atoms with Crippen molar-refractivity contribution in [1.29, 1.82) is 0 Å². The van der Waals surface area contributed by atoms with Gasteiger partial charge in [0.25, 0.3) is 0 Å². The van der Waals surface area contributed by atoms with Gasteiger partial charge in [-0.15, -0.1) is 0 Å². The molecule has 1 rings (SSSR count). The van der Waals surface area contributed by atoms with Crippen molar-refractivity contribution >= 4 is 11.4 Å². The van der Waals surface area contributed by atoms with E-state index in [4.69, 9.17) is 0 Å². The second kappa shape index (κ2) is 4.96. The van der Waals surface area contributed by atoms with Crippen molar-refractivity contribution < 1.29 is 34.9 Å². The number of hydrogen-bond donors (Lipinski definition) is 0. The smallest absolute Gasteiger partial charge is 0.393 e. The van der Waals surface area contributed by atoms with Crippen LogP contribution >= 0.6 is 0 Å². The molecule has 0 radical (unpaired) electrons. The molecule has 0 saturated carbocycles. The van der Waals surface area contributed by atoms with Crippen LogP contribution in [-0.2, 0) is 17.8 Å². The summed E-state index contributed by atoms with van der Waals surface area (Å²) in [6, 6.07) is 1.21. The zero-order valence-corrected chi connectivity index (χ0v) is 8.70. The average Bonchev–Trinajstić information content (AvgIpc) is 2.15. The van der Waals surface area contributed by atoms with Crippen LogP contribution in [-0.4, -0.2) is 14.9 Å². The highest BCUT2D eigenvalue weighted by atomic mass is 32.2. The molecule has 0 fully saturated rings. The fourth-order valence-electron chi connectivity index (χ4n) is 1.06. The molecular weight excluding hydrogens is 271 g/mol. The van der Waals surface area contributed by atoms with E-state index in [0.29, 0.717) is 12.1 Å². The van der Waals surface area contributed by atoms with E-state index in [0.717, 1.165) is 0 Å². The van der Waals surface area contributed by atoms with Gasteiger partial charge in [-0.25, -0.2) is 8.60 Å². The Labute approximate surface area is 94.7 Å². The maximum atomic E-state index is 13.1. The minimum absolute atomic E-state index is 0.605. The Balaban J connectivity index is 3.06. The predicted molar refractivity (Wildman–Crippen MR) is 45.7 cm³/mol. The van der Waals surface area contributed by atoms with Crippen molar-refractivity contribution in [3.8, 4) is 5.75 Å². The second-order valence-electron chi connectivity index (χ2n) is 2.93. The number of alkyl halides is 3. The summed E-state index contributed by atoms with van der Waals surface area (Å²) in [5.41, 5.74) is -0.931. The lowest BCUT2D eigenvalue weighted by molar-refractivity contribution is -0.127. The number of rotatable bonds is 3. The maximum absolute atomic E-state index is 13.1. The molecule has 96 valence electrons. The molecule has 0 aromatic heterocycles. The van der Waals surface area contributed by atoms with Crippen LogP contribution in [0.4, 0.5) is 22.0 Å². The fraction of sp³-hybridized carbons (Fsp3) is 0.250. The topological polar surface area (TPSA) is 49.4 Å². The molecule has 3 nitrogen and oxygen atoms in total. The molecule has 0 amide bonds. The zero-order valence-electron chi connectivity index (χ0n) is 7.88. The second-order valence-corrected chi connectivity index (χ2v) is 3.51. The summed E-state index contributed by atoms with van der Waals surface area (Å²) in [6.45, 7) is 0. The molecule has 17 heavy (non-hydrogen) atoms. The van der Waals surface area contributed by atoms with Crippen molar-refractivity contribution in [3.63, 3.8) is 0 Å². The van der Waals surface area contributed by atoms with Crippen molar-refractivity contribution in [2.45, 2.75) is 12.6 Å². The highest BCUT2D eigenvalue weighted by molar-refractivity contribution is 7.74. The molecule has 0 aliphatic heterocycles. The lowest BCUT2D eigenvalue weighted by Crippen LogP contribution is -2.14. The van der Waals surface area contributed by atoms with Gasteiger partial charge in [0.2, 0.25) is 5.82 Å². The van der Waals surface area contributed by atoms with Gasteiger partial charge in [0.15, 0.2) is 11.6 Å². The van der Waals surface area contributed by atoms with Gasteiger partial charge >= 0.3 is 6.18 Å². The third-order valence-corrected chi connectivity index (χ3v) is 1.99. The lowest BCUT2D eigenvalue weighted by Gasteiger charge is -2.11.